The van der Waals surface area contributed by atoms with E-state index >= 15 is 0 Å². The maximum atomic E-state index is 10.6. The molecule has 4 nitrogen and oxygen atoms in total. The second-order valence-corrected chi connectivity index (χ2v) is 2.75. The third kappa shape index (κ3) is 5.09. The van der Waals surface area contributed by atoms with Crippen LogP contribution in [0.4, 0.5) is 0 Å². The molecule has 0 aliphatic carbocycles. The van der Waals surface area contributed by atoms with E-state index in [1.807, 2.05) is 0 Å². The van der Waals surface area contributed by atoms with Gasteiger partial charge in [0, 0.05) is 13.7 Å². The summed E-state index contributed by atoms with van der Waals surface area (Å²) >= 11 is 0. The van der Waals surface area contributed by atoms with Crippen molar-refractivity contribution in [1.29, 1.82) is 0 Å². The van der Waals surface area contributed by atoms with Crippen LogP contribution in [0, 0.1) is 5.92 Å². The molecule has 0 aromatic carbocycles. The van der Waals surface area contributed by atoms with Gasteiger partial charge in [-0.2, -0.15) is 0 Å². The molecule has 0 amide bonds. The fourth-order valence-electron chi connectivity index (χ4n) is 1.02. The van der Waals surface area contributed by atoms with E-state index in [9.17, 15) is 4.79 Å². The van der Waals surface area contributed by atoms with Crippen molar-refractivity contribution in [3.63, 3.8) is 0 Å². The molecule has 4 heteroatoms. The van der Waals surface area contributed by atoms with Gasteiger partial charge in [0.2, 0.25) is 0 Å². The summed E-state index contributed by atoms with van der Waals surface area (Å²) < 4.78 is 4.81. The fraction of sp³-hybridized carbons (Fsp3) is 0.875. The maximum absolute atomic E-state index is 10.6. The first-order valence-corrected chi connectivity index (χ1v) is 4.14. The molecule has 12 heavy (non-hydrogen) atoms. The molecule has 72 valence electrons. The van der Waals surface area contributed by atoms with Crippen LogP contribution in [0.15, 0.2) is 0 Å². The maximum Gasteiger partial charge on any atom is 0.306 e. The van der Waals surface area contributed by atoms with Crippen LogP contribution >= 0.6 is 0 Å². The Morgan fingerprint density at radius 1 is 1.58 bits per heavy atom. The number of ether oxygens (including phenoxy) is 1. The van der Waals surface area contributed by atoms with E-state index in [0.29, 0.717) is 26.0 Å². The summed E-state index contributed by atoms with van der Waals surface area (Å²) in [6, 6.07) is 0. The van der Waals surface area contributed by atoms with Crippen molar-refractivity contribution in [3.05, 3.63) is 0 Å². The summed E-state index contributed by atoms with van der Waals surface area (Å²) in [5.41, 5.74) is 5.28. The first-order valence-electron chi connectivity index (χ1n) is 4.14. The predicted octanol–water partition coefficient (Wildman–Crippen LogP) is 0.463. The van der Waals surface area contributed by atoms with Gasteiger partial charge in [0.15, 0.2) is 0 Å². The smallest absolute Gasteiger partial charge is 0.306 e. The van der Waals surface area contributed by atoms with E-state index in [0.717, 1.165) is 6.42 Å². The van der Waals surface area contributed by atoms with Crippen molar-refractivity contribution in [1.82, 2.24) is 0 Å². The predicted molar refractivity (Wildman–Crippen MR) is 45.9 cm³/mol. The third-order valence-corrected chi connectivity index (χ3v) is 1.78. The molecular formula is C8H17NO3. The molecule has 0 rings (SSSR count). The van der Waals surface area contributed by atoms with Gasteiger partial charge in [-0.1, -0.05) is 0 Å². The lowest BCUT2D eigenvalue weighted by atomic mass is 10.0. The molecule has 0 saturated carbocycles. The average Bonchev–Trinajstić information content (AvgIpc) is 2.04. The highest BCUT2D eigenvalue weighted by molar-refractivity contribution is 5.69. The Balaban J connectivity index is 3.62. The highest BCUT2D eigenvalue weighted by Crippen LogP contribution is 2.10. The number of carboxylic acid groups (broad SMARTS) is 1. The lowest BCUT2D eigenvalue weighted by molar-refractivity contribution is -0.142. The van der Waals surface area contributed by atoms with Gasteiger partial charge in [0.05, 0.1) is 5.92 Å². The van der Waals surface area contributed by atoms with Crippen LogP contribution in [-0.4, -0.2) is 31.3 Å². The highest BCUT2D eigenvalue weighted by Gasteiger charge is 2.15. The number of hydrogen-bond donors (Lipinski definition) is 2. The van der Waals surface area contributed by atoms with Crippen LogP contribution in [0.1, 0.15) is 19.3 Å². The summed E-state index contributed by atoms with van der Waals surface area (Å²) in [5.74, 6) is -1.05. The fourth-order valence-corrected chi connectivity index (χ4v) is 1.02. The van der Waals surface area contributed by atoms with E-state index in [-0.39, 0.29) is 5.92 Å². The Hall–Kier alpha value is -0.610. The van der Waals surface area contributed by atoms with Crippen LogP contribution in [0.2, 0.25) is 0 Å². The van der Waals surface area contributed by atoms with E-state index in [1.54, 1.807) is 7.11 Å². The Morgan fingerprint density at radius 2 is 2.25 bits per heavy atom. The van der Waals surface area contributed by atoms with E-state index in [4.69, 9.17) is 15.6 Å². The number of carbonyl (C=O) groups is 1. The quantitative estimate of drug-likeness (QED) is 0.589. The number of hydrogen-bond acceptors (Lipinski definition) is 3. The Bertz CT molecular complexity index is 119. The van der Waals surface area contributed by atoms with Gasteiger partial charge in [0.1, 0.15) is 0 Å². The monoisotopic (exact) mass is 175 g/mol. The Morgan fingerprint density at radius 3 is 2.67 bits per heavy atom. The van der Waals surface area contributed by atoms with Gasteiger partial charge in [0.25, 0.3) is 0 Å². The van der Waals surface area contributed by atoms with Crippen molar-refractivity contribution in [2.24, 2.45) is 11.7 Å². The zero-order valence-electron chi connectivity index (χ0n) is 7.45. The van der Waals surface area contributed by atoms with Crippen molar-refractivity contribution in [3.8, 4) is 0 Å². The lowest BCUT2D eigenvalue weighted by Gasteiger charge is -2.10. The second kappa shape index (κ2) is 7.06. The number of nitrogens with two attached hydrogens (primary N) is 1. The largest absolute Gasteiger partial charge is 0.481 e. The minimum atomic E-state index is -0.750. The Labute approximate surface area is 72.7 Å². The molecule has 0 bridgehead atoms. The molecule has 0 aliphatic heterocycles. The van der Waals surface area contributed by atoms with Gasteiger partial charge in [-0.15, -0.1) is 0 Å². The van der Waals surface area contributed by atoms with Gasteiger partial charge in [-0.05, 0) is 25.8 Å². The summed E-state index contributed by atoms with van der Waals surface area (Å²) in [6.45, 7) is 1.05. The molecule has 0 fully saturated rings. The van der Waals surface area contributed by atoms with E-state index in [1.165, 1.54) is 0 Å². The first kappa shape index (κ1) is 11.4. The standard InChI is InChI=1S/C8H17NO3/c1-12-6-4-7(8(10)11)3-2-5-9/h7H,2-6,9H2,1H3,(H,10,11). The van der Waals surface area contributed by atoms with Gasteiger partial charge >= 0.3 is 5.97 Å². The molecule has 0 spiro atoms. The number of rotatable bonds is 7. The molecule has 0 aliphatic rings. The number of carboxylic acids is 1. The summed E-state index contributed by atoms with van der Waals surface area (Å²) in [7, 11) is 1.57. The van der Waals surface area contributed by atoms with Crippen LogP contribution in [0.25, 0.3) is 0 Å². The number of aliphatic carboxylic acids is 1. The molecule has 0 aromatic heterocycles. The molecule has 0 saturated heterocycles. The van der Waals surface area contributed by atoms with Crippen LogP contribution in [0.3, 0.4) is 0 Å². The lowest BCUT2D eigenvalue weighted by Crippen LogP contribution is -2.17. The minimum Gasteiger partial charge on any atom is -0.481 e. The third-order valence-electron chi connectivity index (χ3n) is 1.78. The highest BCUT2D eigenvalue weighted by atomic mass is 16.5. The van der Waals surface area contributed by atoms with Crippen LogP contribution < -0.4 is 5.73 Å². The molecular weight excluding hydrogens is 158 g/mol. The number of methoxy groups -OCH3 is 1. The van der Waals surface area contributed by atoms with Crippen molar-refractivity contribution in [2.45, 2.75) is 19.3 Å². The molecule has 1 unspecified atom stereocenters. The van der Waals surface area contributed by atoms with Crippen molar-refractivity contribution < 1.29 is 14.6 Å². The zero-order chi connectivity index (χ0) is 9.40. The van der Waals surface area contributed by atoms with E-state index < -0.39 is 5.97 Å². The van der Waals surface area contributed by atoms with Gasteiger partial charge in [-0.3, -0.25) is 4.79 Å². The SMILES string of the molecule is COCCC(CCCN)C(=O)O. The van der Waals surface area contributed by atoms with Gasteiger partial charge < -0.3 is 15.6 Å². The average molecular weight is 175 g/mol. The molecule has 3 N–H and O–H groups in total. The summed E-state index contributed by atoms with van der Waals surface area (Å²) in [4.78, 5) is 10.6. The van der Waals surface area contributed by atoms with Crippen LogP contribution in [-0.2, 0) is 9.53 Å². The topological polar surface area (TPSA) is 72.5 Å². The molecule has 0 radical (unpaired) electrons. The molecule has 0 heterocycles. The van der Waals surface area contributed by atoms with Crippen molar-refractivity contribution >= 4 is 5.97 Å². The second-order valence-electron chi connectivity index (χ2n) is 2.75. The molecule has 1 atom stereocenters. The summed E-state index contributed by atoms with van der Waals surface area (Å²) in [5, 5.41) is 8.73. The molecule has 0 aromatic rings. The Kier molecular flexibility index (Phi) is 6.70. The zero-order valence-corrected chi connectivity index (χ0v) is 7.45. The minimum absolute atomic E-state index is 0.298. The van der Waals surface area contributed by atoms with Crippen molar-refractivity contribution in [2.75, 3.05) is 20.3 Å². The van der Waals surface area contributed by atoms with Crippen LogP contribution in [0.5, 0.6) is 0 Å². The summed E-state index contributed by atoms with van der Waals surface area (Å²) in [6.07, 6.45) is 1.99. The van der Waals surface area contributed by atoms with Gasteiger partial charge in [-0.25, -0.2) is 0 Å². The normalized spacial score (nSPS) is 12.8. The first-order chi connectivity index (χ1) is 5.72. The van der Waals surface area contributed by atoms with E-state index in [2.05, 4.69) is 0 Å².